The predicted molar refractivity (Wildman–Crippen MR) is 118 cm³/mol. The van der Waals surface area contributed by atoms with Crippen LogP contribution < -0.4 is 10.5 Å². The smallest absolute Gasteiger partial charge is 0.343 e. The fourth-order valence-corrected chi connectivity index (χ4v) is 5.40. The van der Waals surface area contributed by atoms with Crippen molar-refractivity contribution in [2.75, 3.05) is 21.2 Å². The third-order valence-corrected chi connectivity index (χ3v) is 7.10. The molecular formula is C22H26ClFN2O4S. The Hall–Kier alpha value is -2.16. The minimum atomic E-state index is -1.38. The van der Waals surface area contributed by atoms with Crippen LogP contribution in [0.15, 0.2) is 29.6 Å². The molecule has 0 spiro atoms. The summed E-state index contributed by atoms with van der Waals surface area (Å²) in [5, 5.41) is 1.54. The molecule has 31 heavy (non-hydrogen) atoms. The fraction of sp³-hybridized carbons (Fsp3) is 0.455. The van der Waals surface area contributed by atoms with E-state index in [0.29, 0.717) is 30.0 Å². The number of nitrogens with zero attached hydrogens (tertiary/aromatic N) is 1. The van der Waals surface area contributed by atoms with E-state index in [0.717, 1.165) is 16.9 Å². The number of nitrogens with two attached hydrogens (primary N) is 1. The molecule has 9 heteroatoms. The Kier molecular flexibility index (Phi) is 7.24. The minimum absolute atomic E-state index is 0.0398. The molecular weight excluding hydrogens is 443 g/mol. The van der Waals surface area contributed by atoms with Crippen LogP contribution in [0.25, 0.3) is 0 Å². The molecule has 3 rings (SSSR count). The van der Waals surface area contributed by atoms with E-state index >= 15 is 0 Å². The molecule has 2 N–H and O–H groups in total. The summed E-state index contributed by atoms with van der Waals surface area (Å²) in [6.45, 7) is 0. The lowest BCUT2D eigenvalue weighted by Gasteiger charge is -2.41. The number of thiophene rings is 1. The van der Waals surface area contributed by atoms with Gasteiger partial charge in [0.05, 0.1) is 7.11 Å². The number of halogens is 2. The molecule has 0 aliphatic heterocycles. The van der Waals surface area contributed by atoms with Crippen LogP contribution in [-0.2, 0) is 9.53 Å². The van der Waals surface area contributed by atoms with Crippen molar-refractivity contribution in [3.05, 3.63) is 50.9 Å². The topological polar surface area (TPSA) is 81.9 Å². The van der Waals surface area contributed by atoms with Crippen LogP contribution in [0.5, 0.6) is 5.75 Å². The Morgan fingerprint density at radius 1 is 1.26 bits per heavy atom. The number of carbonyl (C=O) groups excluding carboxylic acids is 2. The van der Waals surface area contributed by atoms with E-state index in [2.05, 4.69) is 4.90 Å². The largest absolute Gasteiger partial charge is 0.493 e. The average molecular weight is 469 g/mol. The number of esters is 1. The van der Waals surface area contributed by atoms with Gasteiger partial charge in [-0.15, -0.1) is 11.3 Å². The first-order chi connectivity index (χ1) is 14.7. The average Bonchev–Trinajstić information content (AvgIpc) is 3.11. The zero-order chi connectivity index (χ0) is 22.8. The molecule has 168 valence electrons. The van der Waals surface area contributed by atoms with E-state index in [4.69, 9.17) is 26.8 Å². The van der Waals surface area contributed by atoms with Crippen molar-refractivity contribution < 1.29 is 23.5 Å². The van der Waals surface area contributed by atoms with Gasteiger partial charge in [-0.1, -0.05) is 23.7 Å². The van der Waals surface area contributed by atoms with Gasteiger partial charge in [-0.3, -0.25) is 4.79 Å². The lowest BCUT2D eigenvalue weighted by atomic mass is 9.73. The molecule has 1 atom stereocenters. The van der Waals surface area contributed by atoms with Crippen molar-refractivity contribution in [1.29, 1.82) is 0 Å². The fourth-order valence-electron chi connectivity index (χ4n) is 4.36. The maximum Gasteiger partial charge on any atom is 0.343 e. The maximum atomic E-state index is 13.4. The summed E-state index contributed by atoms with van der Waals surface area (Å²) in [4.78, 5) is 27.2. The van der Waals surface area contributed by atoms with E-state index in [1.54, 1.807) is 17.5 Å². The monoisotopic (exact) mass is 468 g/mol. The molecule has 2 aromatic rings. The summed E-state index contributed by atoms with van der Waals surface area (Å²) in [5.41, 5.74) is 5.48. The molecule has 0 bridgehead atoms. The number of benzene rings is 1. The lowest BCUT2D eigenvalue weighted by Crippen LogP contribution is -2.51. The van der Waals surface area contributed by atoms with Gasteiger partial charge < -0.3 is 20.1 Å². The molecule has 0 saturated heterocycles. The number of hydrogen-bond acceptors (Lipinski definition) is 6. The van der Waals surface area contributed by atoms with Gasteiger partial charge in [-0.25, -0.2) is 9.18 Å². The van der Waals surface area contributed by atoms with Crippen molar-refractivity contribution >= 4 is 34.8 Å². The molecule has 1 heterocycles. The molecule has 1 aliphatic rings. The molecule has 6 nitrogen and oxygen atoms in total. The van der Waals surface area contributed by atoms with Crippen molar-refractivity contribution in [3.63, 3.8) is 0 Å². The number of hydrogen-bond donors (Lipinski definition) is 1. The van der Waals surface area contributed by atoms with Gasteiger partial charge in [0.25, 0.3) is 5.91 Å². The second-order valence-corrected chi connectivity index (χ2v) is 9.48. The highest BCUT2D eigenvalue weighted by molar-refractivity contribution is 7.15. The second-order valence-electron chi connectivity index (χ2n) is 8.00. The second kappa shape index (κ2) is 9.54. The van der Waals surface area contributed by atoms with Crippen molar-refractivity contribution in [2.24, 2.45) is 11.7 Å². The van der Waals surface area contributed by atoms with E-state index in [1.807, 2.05) is 14.1 Å². The van der Waals surface area contributed by atoms with E-state index < -0.39 is 17.5 Å². The summed E-state index contributed by atoms with van der Waals surface area (Å²) in [7, 11) is 5.35. The van der Waals surface area contributed by atoms with Crippen molar-refractivity contribution in [3.8, 4) is 5.75 Å². The van der Waals surface area contributed by atoms with Gasteiger partial charge in [-0.2, -0.15) is 0 Å². The predicted octanol–water partition coefficient (Wildman–Crippen LogP) is 4.42. The first kappa shape index (κ1) is 23.5. The Morgan fingerprint density at radius 2 is 1.87 bits per heavy atom. The first-order valence-corrected chi connectivity index (χ1v) is 11.2. The molecule has 1 amide bonds. The number of methoxy groups -OCH3 is 1. The summed E-state index contributed by atoms with van der Waals surface area (Å²) in [5.74, 6) is -1.21. The molecule has 1 aromatic carbocycles. The van der Waals surface area contributed by atoms with Crippen molar-refractivity contribution in [1.82, 2.24) is 4.90 Å². The highest BCUT2D eigenvalue weighted by Gasteiger charge is 2.46. The van der Waals surface area contributed by atoms with Crippen LogP contribution in [0.4, 0.5) is 4.39 Å². The highest BCUT2D eigenvalue weighted by Crippen LogP contribution is 2.43. The summed E-state index contributed by atoms with van der Waals surface area (Å²) >= 11 is 7.20. The van der Waals surface area contributed by atoms with Gasteiger partial charge in [0.15, 0.2) is 11.4 Å². The molecule has 1 aromatic heterocycles. The summed E-state index contributed by atoms with van der Waals surface area (Å²) < 4.78 is 24.6. The Balaban J connectivity index is 1.77. The number of ether oxygens (including phenoxy) is 2. The van der Waals surface area contributed by atoms with Crippen LogP contribution in [0, 0.1) is 11.7 Å². The SMILES string of the molecule is COc1c(C(=O)OC2(C(N)=O)CCC(C(c3ccc(F)cc3)N(C)C)CC2)csc1Cl. The summed E-state index contributed by atoms with van der Waals surface area (Å²) in [6, 6.07) is 6.50. The minimum Gasteiger partial charge on any atom is -0.493 e. The number of carbonyl (C=O) groups is 2. The Morgan fingerprint density at radius 3 is 2.39 bits per heavy atom. The zero-order valence-corrected chi connectivity index (χ0v) is 19.3. The zero-order valence-electron chi connectivity index (χ0n) is 17.7. The molecule has 0 radical (unpaired) electrons. The van der Waals surface area contributed by atoms with Crippen LogP contribution in [0.3, 0.4) is 0 Å². The van der Waals surface area contributed by atoms with E-state index in [-0.39, 0.29) is 29.1 Å². The van der Waals surface area contributed by atoms with Crippen molar-refractivity contribution in [2.45, 2.75) is 37.3 Å². The summed E-state index contributed by atoms with van der Waals surface area (Å²) in [6.07, 6.45) is 1.87. The van der Waals surface area contributed by atoms with Gasteiger partial charge in [0.1, 0.15) is 15.7 Å². The van der Waals surface area contributed by atoms with Gasteiger partial charge in [-0.05, 0) is 63.4 Å². The molecule has 1 saturated carbocycles. The van der Waals surface area contributed by atoms with Crippen LogP contribution in [0.2, 0.25) is 4.34 Å². The number of amides is 1. The first-order valence-electron chi connectivity index (χ1n) is 9.94. The highest BCUT2D eigenvalue weighted by atomic mass is 35.5. The third kappa shape index (κ3) is 4.86. The van der Waals surface area contributed by atoms with Crippen LogP contribution in [-0.4, -0.2) is 43.6 Å². The maximum absolute atomic E-state index is 13.4. The third-order valence-electron chi connectivity index (χ3n) is 5.92. The normalized spacial score (nSPS) is 22.2. The van der Waals surface area contributed by atoms with E-state index in [1.165, 1.54) is 19.2 Å². The van der Waals surface area contributed by atoms with Gasteiger partial charge >= 0.3 is 5.97 Å². The Bertz CT molecular complexity index is 939. The van der Waals surface area contributed by atoms with Crippen LogP contribution >= 0.6 is 22.9 Å². The molecule has 1 aliphatic carbocycles. The quantitative estimate of drug-likeness (QED) is 0.608. The van der Waals surface area contributed by atoms with Crippen LogP contribution in [0.1, 0.15) is 47.6 Å². The van der Waals surface area contributed by atoms with E-state index in [9.17, 15) is 14.0 Å². The molecule has 1 fully saturated rings. The number of primary amides is 1. The molecule has 1 unspecified atom stereocenters. The van der Waals surface area contributed by atoms with Gasteiger partial charge in [0.2, 0.25) is 0 Å². The number of rotatable bonds is 7. The van der Waals surface area contributed by atoms with Gasteiger partial charge in [0, 0.05) is 11.4 Å². The Labute approximate surface area is 190 Å². The lowest BCUT2D eigenvalue weighted by molar-refractivity contribution is -0.142. The standard InChI is InChI=1S/C22H26ClFN2O4S/c1-26(2)17(13-4-6-15(24)7-5-13)14-8-10-22(11-9-14,21(25)28)30-20(27)16-12-31-19(23)18(16)29-3/h4-7,12,14,17H,8-11H2,1-3H3,(H2,25,28).